The Morgan fingerprint density at radius 2 is 2.26 bits per heavy atom. The first-order valence-corrected chi connectivity index (χ1v) is 7.92. The van der Waals surface area contributed by atoms with Gasteiger partial charge in [0.25, 0.3) is 0 Å². The maximum absolute atomic E-state index is 12.2. The molecule has 7 heteroatoms. The molecule has 2 atom stereocenters. The number of nitrogen functional groups attached to an aromatic ring is 1. The molecule has 2 rings (SSSR count). The zero-order valence-corrected chi connectivity index (χ0v) is 12.2. The van der Waals surface area contributed by atoms with Gasteiger partial charge in [0.05, 0.1) is 11.8 Å². The molecule has 1 aliphatic heterocycles. The molecule has 5 nitrogen and oxygen atoms in total. The Labute approximate surface area is 118 Å². The van der Waals surface area contributed by atoms with Crippen molar-refractivity contribution in [3.8, 4) is 0 Å². The summed E-state index contributed by atoms with van der Waals surface area (Å²) in [5.74, 6) is 0.190. The summed E-state index contributed by atoms with van der Waals surface area (Å²) in [4.78, 5) is 0.0200. The smallest absolute Gasteiger partial charge is 0.242 e. The van der Waals surface area contributed by atoms with Crippen molar-refractivity contribution in [1.29, 1.82) is 0 Å². The molecule has 1 aliphatic rings. The van der Waals surface area contributed by atoms with E-state index in [4.69, 9.17) is 22.1 Å². The molecule has 0 amide bonds. The fourth-order valence-corrected chi connectivity index (χ4v) is 3.57. The number of nitrogens with two attached hydrogens (primary N) is 1. The summed E-state index contributed by atoms with van der Waals surface area (Å²) >= 11 is 5.81. The molecule has 0 aliphatic carbocycles. The van der Waals surface area contributed by atoms with Gasteiger partial charge >= 0.3 is 0 Å². The molecular formula is C12H17ClN2O3S. The summed E-state index contributed by atoms with van der Waals surface area (Å²) in [5.41, 5.74) is 5.87. The molecule has 0 bridgehead atoms. The van der Waals surface area contributed by atoms with Gasteiger partial charge < -0.3 is 10.5 Å². The molecule has 106 valence electrons. The number of nitrogens with one attached hydrogen (secondary N) is 1. The van der Waals surface area contributed by atoms with E-state index in [1.165, 1.54) is 12.1 Å². The second kappa shape index (κ2) is 5.66. The molecular weight excluding hydrogens is 288 g/mol. The zero-order chi connectivity index (χ0) is 14.0. The van der Waals surface area contributed by atoms with Crippen LogP contribution in [0.15, 0.2) is 23.1 Å². The molecule has 1 aromatic rings. The summed E-state index contributed by atoms with van der Waals surface area (Å²) in [6, 6.07) is 4.40. The van der Waals surface area contributed by atoms with Gasteiger partial charge in [0.1, 0.15) is 4.90 Å². The van der Waals surface area contributed by atoms with Crippen molar-refractivity contribution < 1.29 is 13.2 Å². The fraction of sp³-hybridized carbons (Fsp3) is 0.500. The third-order valence-corrected chi connectivity index (χ3v) is 5.05. The molecule has 1 heterocycles. The van der Waals surface area contributed by atoms with Gasteiger partial charge in [0, 0.05) is 24.1 Å². The first-order valence-electron chi connectivity index (χ1n) is 6.06. The molecule has 3 N–H and O–H groups in total. The van der Waals surface area contributed by atoms with Crippen LogP contribution in [0, 0.1) is 5.92 Å². The number of ether oxygens (including phenoxy) is 1. The SMILES string of the molecule is CC1OCCC1CNS(=O)(=O)c1cc(Cl)ccc1N. The average molecular weight is 305 g/mol. The van der Waals surface area contributed by atoms with Gasteiger partial charge in [-0.1, -0.05) is 11.6 Å². The van der Waals surface area contributed by atoms with E-state index in [0.29, 0.717) is 18.2 Å². The summed E-state index contributed by atoms with van der Waals surface area (Å²) in [6.45, 7) is 2.96. The molecule has 1 fully saturated rings. The molecule has 2 unspecified atom stereocenters. The predicted octanol–water partition coefficient (Wildman–Crippen LogP) is 1.63. The number of hydrogen-bond acceptors (Lipinski definition) is 4. The maximum Gasteiger partial charge on any atom is 0.242 e. The van der Waals surface area contributed by atoms with Crippen LogP contribution in [0.5, 0.6) is 0 Å². The van der Waals surface area contributed by atoms with Crippen molar-refractivity contribution in [1.82, 2.24) is 4.72 Å². The summed E-state index contributed by atoms with van der Waals surface area (Å²) < 4.78 is 32.3. The van der Waals surface area contributed by atoms with Gasteiger partial charge in [-0.25, -0.2) is 13.1 Å². The summed E-state index contributed by atoms with van der Waals surface area (Å²) in [7, 11) is -3.64. The molecule has 0 aromatic heterocycles. The quantitative estimate of drug-likeness (QED) is 0.828. The Bertz CT molecular complexity index is 562. The second-order valence-corrected chi connectivity index (χ2v) is 6.83. The first-order chi connectivity index (χ1) is 8.90. The molecule has 0 radical (unpaired) electrons. The Morgan fingerprint density at radius 3 is 2.89 bits per heavy atom. The van der Waals surface area contributed by atoms with E-state index >= 15 is 0 Å². The van der Waals surface area contributed by atoms with Crippen LogP contribution in [-0.2, 0) is 14.8 Å². The third-order valence-electron chi connectivity index (χ3n) is 3.33. The van der Waals surface area contributed by atoms with Gasteiger partial charge in [-0.2, -0.15) is 0 Å². The monoisotopic (exact) mass is 304 g/mol. The minimum atomic E-state index is -3.64. The number of rotatable bonds is 4. The Kier molecular flexibility index (Phi) is 4.35. The molecule has 1 saturated heterocycles. The van der Waals surface area contributed by atoms with E-state index in [2.05, 4.69) is 4.72 Å². The predicted molar refractivity (Wildman–Crippen MR) is 74.6 cm³/mol. The van der Waals surface area contributed by atoms with Crippen molar-refractivity contribution in [3.63, 3.8) is 0 Å². The highest BCUT2D eigenvalue weighted by molar-refractivity contribution is 7.89. The summed E-state index contributed by atoms with van der Waals surface area (Å²) in [5, 5.41) is 0.340. The minimum Gasteiger partial charge on any atom is -0.398 e. The number of anilines is 1. The minimum absolute atomic E-state index is 0.0200. The highest BCUT2D eigenvalue weighted by Gasteiger charge is 2.26. The average Bonchev–Trinajstić information content (AvgIpc) is 2.75. The van der Waals surface area contributed by atoms with Gasteiger partial charge in [-0.3, -0.25) is 0 Å². The number of benzene rings is 1. The lowest BCUT2D eigenvalue weighted by Crippen LogP contribution is -2.32. The van der Waals surface area contributed by atoms with Crippen LogP contribution in [0.4, 0.5) is 5.69 Å². The lowest BCUT2D eigenvalue weighted by Gasteiger charge is -2.15. The molecule has 0 saturated carbocycles. The standard InChI is InChI=1S/C12H17ClN2O3S/c1-8-9(4-5-18-8)7-15-19(16,17)12-6-10(13)2-3-11(12)14/h2-3,6,8-9,15H,4-5,7,14H2,1H3. The number of sulfonamides is 1. The highest BCUT2D eigenvalue weighted by Crippen LogP contribution is 2.24. The highest BCUT2D eigenvalue weighted by atomic mass is 35.5. The Balaban J connectivity index is 2.12. The first kappa shape index (κ1) is 14.6. The van der Waals surface area contributed by atoms with E-state index in [-0.39, 0.29) is 22.6 Å². The Morgan fingerprint density at radius 1 is 1.53 bits per heavy atom. The van der Waals surface area contributed by atoms with Crippen molar-refractivity contribution in [2.75, 3.05) is 18.9 Å². The van der Waals surface area contributed by atoms with Crippen LogP contribution in [0.25, 0.3) is 0 Å². The van der Waals surface area contributed by atoms with Crippen LogP contribution >= 0.6 is 11.6 Å². The molecule has 0 spiro atoms. The lowest BCUT2D eigenvalue weighted by molar-refractivity contribution is 0.107. The normalized spacial score (nSPS) is 23.7. The van der Waals surface area contributed by atoms with Gasteiger partial charge in [0.2, 0.25) is 10.0 Å². The largest absolute Gasteiger partial charge is 0.398 e. The van der Waals surface area contributed by atoms with Gasteiger partial charge in [-0.15, -0.1) is 0 Å². The third kappa shape index (κ3) is 3.39. The summed E-state index contributed by atoms with van der Waals surface area (Å²) in [6.07, 6.45) is 0.925. The van der Waals surface area contributed by atoms with E-state index < -0.39 is 10.0 Å². The van der Waals surface area contributed by atoms with Crippen molar-refractivity contribution in [3.05, 3.63) is 23.2 Å². The molecule has 19 heavy (non-hydrogen) atoms. The van der Waals surface area contributed by atoms with Crippen molar-refractivity contribution >= 4 is 27.3 Å². The van der Waals surface area contributed by atoms with E-state index in [9.17, 15) is 8.42 Å². The van der Waals surface area contributed by atoms with Gasteiger partial charge in [0.15, 0.2) is 0 Å². The maximum atomic E-state index is 12.2. The number of hydrogen-bond donors (Lipinski definition) is 2. The topological polar surface area (TPSA) is 81.4 Å². The zero-order valence-electron chi connectivity index (χ0n) is 10.6. The van der Waals surface area contributed by atoms with Crippen molar-refractivity contribution in [2.24, 2.45) is 5.92 Å². The van der Waals surface area contributed by atoms with Crippen LogP contribution in [0.1, 0.15) is 13.3 Å². The van der Waals surface area contributed by atoms with Crippen LogP contribution in [-0.4, -0.2) is 27.7 Å². The van der Waals surface area contributed by atoms with Crippen molar-refractivity contribution in [2.45, 2.75) is 24.3 Å². The Hall–Kier alpha value is -0.820. The second-order valence-electron chi connectivity index (χ2n) is 4.66. The van der Waals surface area contributed by atoms with E-state index in [0.717, 1.165) is 6.42 Å². The van der Waals surface area contributed by atoms with Gasteiger partial charge in [-0.05, 0) is 31.5 Å². The van der Waals surface area contributed by atoms with E-state index in [1.54, 1.807) is 6.07 Å². The van der Waals surface area contributed by atoms with E-state index in [1.807, 2.05) is 6.92 Å². The van der Waals surface area contributed by atoms with Crippen LogP contribution in [0.2, 0.25) is 5.02 Å². The molecule has 1 aromatic carbocycles. The lowest BCUT2D eigenvalue weighted by atomic mass is 10.0. The van der Waals surface area contributed by atoms with Crippen LogP contribution in [0.3, 0.4) is 0 Å². The van der Waals surface area contributed by atoms with Crippen LogP contribution < -0.4 is 10.5 Å². The number of halogens is 1. The fourth-order valence-electron chi connectivity index (χ4n) is 2.08.